The number of benzene rings is 3. The van der Waals surface area contributed by atoms with E-state index >= 15 is 0 Å². The lowest BCUT2D eigenvalue weighted by Gasteiger charge is -2.13. The molecule has 3 aromatic carbocycles. The van der Waals surface area contributed by atoms with Crippen LogP contribution in [-0.4, -0.2) is 18.4 Å². The molecule has 0 unspecified atom stereocenters. The van der Waals surface area contributed by atoms with Gasteiger partial charge < -0.3 is 9.97 Å². The van der Waals surface area contributed by atoms with Crippen LogP contribution in [0.4, 0.5) is 5.69 Å². The Hall–Kier alpha value is -3.36. The SMILES string of the molecule is Cc1ccc(-c2ccc(NS(=O)(=O)c3cc4[nH]c(=O)c(=O)[nH]c4cc3C)cc2Cl)cc1. The monoisotopic (exact) mass is 455 g/mol. The van der Waals surface area contributed by atoms with Gasteiger partial charge in [-0.15, -0.1) is 0 Å². The summed E-state index contributed by atoms with van der Waals surface area (Å²) in [4.78, 5) is 27.9. The average molecular weight is 456 g/mol. The number of aromatic amines is 2. The highest BCUT2D eigenvalue weighted by atomic mass is 35.5. The minimum Gasteiger partial charge on any atom is -0.316 e. The van der Waals surface area contributed by atoms with Crippen LogP contribution in [0.3, 0.4) is 0 Å². The Morgan fingerprint density at radius 2 is 1.45 bits per heavy atom. The van der Waals surface area contributed by atoms with Crippen LogP contribution < -0.4 is 15.8 Å². The lowest BCUT2D eigenvalue weighted by molar-refractivity contribution is 0.600. The molecule has 0 fully saturated rings. The quantitative estimate of drug-likeness (QED) is 0.404. The first kappa shape index (κ1) is 20.9. The molecule has 0 spiro atoms. The summed E-state index contributed by atoms with van der Waals surface area (Å²) in [5, 5.41) is 0.404. The Kier molecular flexibility index (Phi) is 5.20. The number of halogens is 1. The van der Waals surface area contributed by atoms with E-state index in [0.29, 0.717) is 21.8 Å². The molecule has 3 N–H and O–H groups in total. The van der Waals surface area contributed by atoms with Crippen molar-refractivity contribution in [3.63, 3.8) is 0 Å². The van der Waals surface area contributed by atoms with E-state index in [0.717, 1.165) is 16.7 Å². The topological polar surface area (TPSA) is 112 Å². The number of anilines is 1. The molecule has 158 valence electrons. The molecule has 4 aromatic rings. The number of hydrogen-bond donors (Lipinski definition) is 3. The molecule has 7 nitrogen and oxygen atoms in total. The number of nitrogens with one attached hydrogen (secondary N) is 3. The van der Waals surface area contributed by atoms with Gasteiger partial charge in [-0.1, -0.05) is 47.5 Å². The molecule has 1 heterocycles. The van der Waals surface area contributed by atoms with Gasteiger partial charge in [-0.2, -0.15) is 0 Å². The Morgan fingerprint density at radius 3 is 2.06 bits per heavy atom. The molecule has 0 amide bonds. The Morgan fingerprint density at radius 1 is 0.839 bits per heavy atom. The second kappa shape index (κ2) is 7.72. The second-order valence-corrected chi connectivity index (χ2v) is 9.30. The number of aromatic nitrogens is 2. The predicted octanol–water partition coefficient (Wildman–Crippen LogP) is 3.95. The van der Waals surface area contributed by atoms with E-state index in [9.17, 15) is 18.0 Å². The van der Waals surface area contributed by atoms with Crippen molar-refractivity contribution in [2.45, 2.75) is 18.7 Å². The van der Waals surface area contributed by atoms with Gasteiger partial charge in [0.1, 0.15) is 0 Å². The molecule has 0 saturated heterocycles. The standard InChI is InChI=1S/C22H18ClN3O4S/c1-12-3-5-14(6-4-12)16-8-7-15(10-17(16)23)26-31(29,30)20-11-19-18(9-13(20)2)24-21(27)22(28)25-19/h3-11,26H,1-2H3,(H,24,27)(H,25,28). The third kappa shape index (κ3) is 4.12. The van der Waals surface area contributed by atoms with E-state index in [4.69, 9.17) is 11.6 Å². The average Bonchev–Trinajstić information content (AvgIpc) is 2.69. The summed E-state index contributed by atoms with van der Waals surface area (Å²) in [5.41, 5.74) is 2.44. The zero-order valence-corrected chi connectivity index (χ0v) is 18.2. The fourth-order valence-electron chi connectivity index (χ4n) is 3.30. The van der Waals surface area contributed by atoms with Crippen LogP contribution in [0.15, 0.2) is 69.1 Å². The predicted molar refractivity (Wildman–Crippen MR) is 122 cm³/mol. The molecule has 4 rings (SSSR count). The molecule has 0 bridgehead atoms. The molecule has 0 saturated carbocycles. The Bertz CT molecular complexity index is 1540. The van der Waals surface area contributed by atoms with Crippen molar-refractivity contribution in [2.75, 3.05) is 4.72 Å². The smallest absolute Gasteiger partial charge is 0.314 e. The third-order valence-corrected chi connectivity index (χ3v) is 6.73. The van der Waals surface area contributed by atoms with Crippen LogP contribution in [0, 0.1) is 13.8 Å². The van der Waals surface area contributed by atoms with Gasteiger partial charge >= 0.3 is 11.1 Å². The van der Waals surface area contributed by atoms with Crippen LogP contribution >= 0.6 is 11.6 Å². The van der Waals surface area contributed by atoms with Crippen LogP contribution in [0.1, 0.15) is 11.1 Å². The minimum absolute atomic E-state index is 0.0265. The number of rotatable bonds is 4. The summed E-state index contributed by atoms with van der Waals surface area (Å²) in [6, 6.07) is 15.6. The van der Waals surface area contributed by atoms with Gasteiger partial charge in [0.25, 0.3) is 10.0 Å². The van der Waals surface area contributed by atoms with Gasteiger partial charge in [0, 0.05) is 5.56 Å². The molecule has 0 aliphatic carbocycles. The number of H-pyrrole nitrogens is 2. The molecular weight excluding hydrogens is 438 g/mol. The number of sulfonamides is 1. The first-order valence-corrected chi connectivity index (χ1v) is 11.2. The number of aryl methyl sites for hydroxylation is 2. The number of fused-ring (bicyclic) bond motifs is 1. The molecule has 31 heavy (non-hydrogen) atoms. The van der Waals surface area contributed by atoms with Gasteiger partial charge in [-0.3, -0.25) is 14.3 Å². The van der Waals surface area contributed by atoms with Crippen LogP contribution in [0.25, 0.3) is 22.2 Å². The van der Waals surface area contributed by atoms with Crippen molar-refractivity contribution in [3.05, 3.63) is 91.5 Å². The van der Waals surface area contributed by atoms with Crippen molar-refractivity contribution >= 4 is 38.3 Å². The molecule has 0 atom stereocenters. The summed E-state index contributed by atoms with van der Waals surface area (Å²) in [7, 11) is -3.98. The Labute approximate surface area is 182 Å². The van der Waals surface area contributed by atoms with Crippen molar-refractivity contribution in [3.8, 4) is 11.1 Å². The lowest BCUT2D eigenvalue weighted by Crippen LogP contribution is -2.29. The summed E-state index contributed by atoms with van der Waals surface area (Å²) in [5.74, 6) is 0. The van der Waals surface area contributed by atoms with E-state index in [1.165, 1.54) is 12.1 Å². The fourth-order valence-corrected chi connectivity index (χ4v) is 4.89. The first-order chi connectivity index (χ1) is 14.6. The maximum Gasteiger partial charge on any atom is 0.314 e. The number of hydrogen-bond acceptors (Lipinski definition) is 4. The van der Waals surface area contributed by atoms with Gasteiger partial charge in [-0.05, 0) is 49.2 Å². The summed E-state index contributed by atoms with van der Waals surface area (Å²) < 4.78 is 28.5. The highest BCUT2D eigenvalue weighted by Gasteiger charge is 2.19. The highest BCUT2D eigenvalue weighted by Crippen LogP contribution is 2.31. The Balaban J connectivity index is 1.70. The third-order valence-electron chi connectivity index (χ3n) is 4.89. The van der Waals surface area contributed by atoms with E-state index in [1.54, 1.807) is 25.1 Å². The molecular formula is C22H18ClN3O4S. The maximum atomic E-state index is 13.0. The lowest BCUT2D eigenvalue weighted by atomic mass is 10.0. The van der Waals surface area contributed by atoms with Crippen LogP contribution in [0.2, 0.25) is 5.02 Å². The van der Waals surface area contributed by atoms with Crippen LogP contribution in [0.5, 0.6) is 0 Å². The van der Waals surface area contributed by atoms with E-state index < -0.39 is 21.1 Å². The largest absolute Gasteiger partial charge is 0.316 e. The fraction of sp³-hybridized carbons (Fsp3) is 0.0909. The van der Waals surface area contributed by atoms with Gasteiger partial charge in [0.15, 0.2) is 0 Å². The molecule has 0 aliphatic heterocycles. The van der Waals surface area contributed by atoms with E-state index in [-0.39, 0.29) is 10.4 Å². The normalized spacial score (nSPS) is 11.6. The van der Waals surface area contributed by atoms with Crippen molar-refractivity contribution < 1.29 is 8.42 Å². The zero-order valence-electron chi connectivity index (χ0n) is 16.6. The van der Waals surface area contributed by atoms with Crippen molar-refractivity contribution in [1.82, 2.24) is 9.97 Å². The zero-order chi connectivity index (χ0) is 22.3. The molecule has 9 heteroatoms. The first-order valence-electron chi connectivity index (χ1n) is 9.30. The van der Waals surface area contributed by atoms with Gasteiger partial charge in [-0.25, -0.2) is 8.42 Å². The summed E-state index contributed by atoms with van der Waals surface area (Å²) in [6.45, 7) is 3.59. The van der Waals surface area contributed by atoms with Crippen LogP contribution in [-0.2, 0) is 10.0 Å². The molecule has 1 aromatic heterocycles. The highest BCUT2D eigenvalue weighted by molar-refractivity contribution is 7.92. The van der Waals surface area contributed by atoms with Gasteiger partial charge in [0.05, 0.1) is 26.6 Å². The molecule has 0 radical (unpaired) electrons. The molecule has 0 aliphatic rings. The van der Waals surface area contributed by atoms with E-state index in [1.807, 2.05) is 31.2 Å². The second-order valence-electron chi connectivity index (χ2n) is 7.24. The van der Waals surface area contributed by atoms with Crippen molar-refractivity contribution in [1.29, 1.82) is 0 Å². The van der Waals surface area contributed by atoms with Gasteiger partial charge in [0.2, 0.25) is 0 Å². The van der Waals surface area contributed by atoms with Crippen molar-refractivity contribution in [2.24, 2.45) is 0 Å². The maximum absolute atomic E-state index is 13.0. The van der Waals surface area contributed by atoms with E-state index in [2.05, 4.69) is 14.7 Å². The minimum atomic E-state index is -3.98. The summed E-state index contributed by atoms with van der Waals surface area (Å²) in [6.07, 6.45) is 0. The summed E-state index contributed by atoms with van der Waals surface area (Å²) >= 11 is 6.41.